The first-order valence-electron chi connectivity index (χ1n) is 10.3. The van der Waals surface area contributed by atoms with Crippen LogP contribution in [0.25, 0.3) is 11.0 Å². The molecule has 0 saturated carbocycles. The summed E-state index contributed by atoms with van der Waals surface area (Å²) < 4.78 is 19.9. The van der Waals surface area contributed by atoms with Crippen LogP contribution in [0.2, 0.25) is 0 Å². The van der Waals surface area contributed by atoms with E-state index in [4.69, 9.17) is 4.74 Å². The van der Waals surface area contributed by atoms with E-state index in [9.17, 15) is 19.4 Å². The summed E-state index contributed by atoms with van der Waals surface area (Å²) in [5.41, 5.74) is 0.980. The molecule has 2 aromatic carbocycles. The predicted octanol–water partition coefficient (Wildman–Crippen LogP) is 1.97. The van der Waals surface area contributed by atoms with Crippen molar-refractivity contribution in [3.63, 3.8) is 0 Å². The molecular weight excluding hydrogens is 403 g/mol. The Morgan fingerprint density at radius 2 is 2.10 bits per heavy atom. The second-order valence-corrected chi connectivity index (χ2v) is 8.13. The minimum absolute atomic E-state index is 0.126. The van der Waals surface area contributed by atoms with Crippen LogP contribution in [0.5, 0.6) is 5.75 Å². The molecule has 2 aliphatic heterocycles. The lowest BCUT2D eigenvalue weighted by atomic mass is 9.89. The number of ether oxygens (including phenoxy) is 1. The van der Waals surface area contributed by atoms with Gasteiger partial charge < -0.3 is 30.2 Å². The van der Waals surface area contributed by atoms with Crippen molar-refractivity contribution in [3.05, 3.63) is 47.8 Å². The van der Waals surface area contributed by atoms with Gasteiger partial charge in [-0.25, -0.2) is 9.37 Å². The molecule has 162 valence electrons. The number of amides is 1. The van der Waals surface area contributed by atoms with Gasteiger partial charge >= 0.3 is 0 Å². The number of benzene rings is 2. The molecule has 31 heavy (non-hydrogen) atoms. The molecule has 0 radical (unpaired) electrons. The summed E-state index contributed by atoms with van der Waals surface area (Å²) in [6.45, 7) is 0.528. The third-order valence-electron chi connectivity index (χ3n) is 6.07. The van der Waals surface area contributed by atoms with Crippen LogP contribution in [-0.2, 0) is 11.2 Å². The fourth-order valence-corrected chi connectivity index (χ4v) is 4.18. The Morgan fingerprint density at radius 1 is 1.26 bits per heavy atom. The Kier molecular flexibility index (Phi) is 4.79. The number of aromatic nitrogens is 2. The van der Waals surface area contributed by atoms with Gasteiger partial charge in [0.2, 0.25) is 11.9 Å². The van der Waals surface area contributed by atoms with Crippen LogP contribution in [0.1, 0.15) is 18.4 Å². The first kappa shape index (κ1) is 19.8. The normalized spacial score (nSPS) is 23.5. The highest BCUT2D eigenvalue weighted by Crippen LogP contribution is 2.35. The number of halogens is 1. The van der Waals surface area contributed by atoms with Crippen molar-refractivity contribution < 1.29 is 24.1 Å². The smallest absolute Gasteiger partial charge is 0.224 e. The zero-order chi connectivity index (χ0) is 21.6. The number of fused-ring (bicyclic) bond motifs is 2. The molecule has 1 fully saturated rings. The van der Waals surface area contributed by atoms with E-state index in [0.29, 0.717) is 30.2 Å². The molecule has 4 N–H and O–H groups in total. The number of hydrogen-bond acceptors (Lipinski definition) is 6. The van der Waals surface area contributed by atoms with Crippen molar-refractivity contribution in [2.45, 2.75) is 31.0 Å². The van der Waals surface area contributed by atoms with Gasteiger partial charge in [0.15, 0.2) is 0 Å². The number of rotatable bonds is 4. The molecule has 2 aliphatic rings. The number of nitrogens with one attached hydrogen (secondary N) is 2. The monoisotopic (exact) mass is 426 g/mol. The Morgan fingerprint density at radius 3 is 2.90 bits per heavy atom. The maximum Gasteiger partial charge on any atom is 0.224 e. The van der Waals surface area contributed by atoms with Gasteiger partial charge in [0.1, 0.15) is 29.9 Å². The molecule has 0 aliphatic carbocycles. The van der Waals surface area contributed by atoms with Crippen LogP contribution in [0.4, 0.5) is 16.0 Å². The minimum atomic E-state index is -1.46. The van der Waals surface area contributed by atoms with E-state index in [2.05, 4.69) is 15.3 Å². The number of aromatic amines is 1. The second kappa shape index (κ2) is 7.51. The van der Waals surface area contributed by atoms with Crippen molar-refractivity contribution in [2.75, 3.05) is 29.9 Å². The number of nitrogens with zero attached hydrogens (tertiary/aromatic N) is 2. The summed E-state index contributed by atoms with van der Waals surface area (Å²) in [5.74, 6) is 0.284. The van der Waals surface area contributed by atoms with Gasteiger partial charge in [-0.3, -0.25) is 4.79 Å². The number of anilines is 2. The van der Waals surface area contributed by atoms with Crippen LogP contribution in [-0.4, -0.2) is 57.5 Å². The number of aliphatic hydroxyl groups excluding tert-OH is 1. The molecule has 5 rings (SSSR count). The SMILES string of the molecule is O=C1CCc2c(OC[C@]3(O)CCN(c4nc5ccccc5[nH]4)C[C@H]3O)ccc(F)c2N1. The van der Waals surface area contributed by atoms with Gasteiger partial charge in [-0.15, -0.1) is 0 Å². The Labute approximate surface area is 177 Å². The maximum atomic E-state index is 14.1. The van der Waals surface area contributed by atoms with Gasteiger partial charge in [0.25, 0.3) is 0 Å². The number of carbonyl (C=O) groups is 1. The molecule has 0 spiro atoms. The maximum absolute atomic E-state index is 14.1. The van der Waals surface area contributed by atoms with E-state index in [-0.39, 0.29) is 37.6 Å². The lowest BCUT2D eigenvalue weighted by Gasteiger charge is -2.41. The third kappa shape index (κ3) is 3.60. The van der Waals surface area contributed by atoms with E-state index < -0.39 is 17.5 Å². The lowest BCUT2D eigenvalue weighted by molar-refractivity contribution is -0.116. The van der Waals surface area contributed by atoms with Crippen molar-refractivity contribution in [3.8, 4) is 5.75 Å². The highest BCUT2D eigenvalue weighted by Gasteiger charge is 2.42. The average molecular weight is 426 g/mol. The number of hydrogen-bond donors (Lipinski definition) is 4. The van der Waals surface area contributed by atoms with Gasteiger partial charge in [-0.1, -0.05) is 12.1 Å². The molecule has 2 atom stereocenters. The summed E-state index contributed by atoms with van der Waals surface area (Å²) >= 11 is 0. The molecule has 3 aromatic rings. The molecule has 1 aromatic heterocycles. The number of piperidine rings is 1. The molecule has 8 nitrogen and oxygen atoms in total. The molecular formula is C22H23FN4O4. The highest BCUT2D eigenvalue weighted by molar-refractivity contribution is 5.94. The molecule has 3 heterocycles. The van der Waals surface area contributed by atoms with Crippen LogP contribution < -0.4 is 15.0 Å². The van der Waals surface area contributed by atoms with E-state index in [1.165, 1.54) is 12.1 Å². The quantitative estimate of drug-likeness (QED) is 0.508. The largest absolute Gasteiger partial charge is 0.490 e. The topological polar surface area (TPSA) is 111 Å². The first-order chi connectivity index (χ1) is 14.9. The number of H-pyrrole nitrogens is 1. The zero-order valence-electron chi connectivity index (χ0n) is 16.8. The van der Waals surface area contributed by atoms with Crippen molar-refractivity contribution >= 4 is 28.6 Å². The van der Waals surface area contributed by atoms with Crippen LogP contribution in [0, 0.1) is 5.82 Å². The number of aliphatic hydroxyl groups is 2. The Bertz CT molecular complexity index is 1120. The van der Waals surface area contributed by atoms with E-state index in [0.717, 1.165) is 11.0 Å². The zero-order valence-corrected chi connectivity index (χ0v) is 16.8. The summed E-state index contributed by atoms with van der Waals surface area (Å²) in [6, 6.07) is 10.4. The summed E-state index contributed by atoms with van der Waals surface area (Å²) in [6.07, 6.45) is -0.197. The Hall–Kier alpha value is -3.17. The number of imidazole rings is 1. The molecule has 0 unspecified atom stereocenters. The molecule has 9 heteroatoms. The summed E-state index contributed by atoms with van der Waals surface area (Å²) in [7, 11) is 0. The number of carbonyl (C=O) groups excluding carboxylic acids is 1. The standard InChI is InChI=1S/C22H23FN4O4/c23-14-6-7-17(13-5-8-19(29)26-20(13)14)31-12-22(30)9-10-27(11-18(22)28)21-24-15-3-1-2-4-16(15)25-21/h1-4,6-7,18,28,30H,5,8-12H2,(H,24,25)(H,26,29)/t18-,22-/m1/s1. The van der Waals surface area contributed by atoms with Gasteiger partial charge in [0, 0.05) is 25.1 Å². The van der Waals surface area contributed by atoms with Crippen molar-refractivity contribution in [2.24, 2.45) is 0 Å². The first-order valence-corrected chi connectivity index (χ1v) is 10.3. The van der Waals surface area contributed by atoms with Gasteiger partial charge in [-0.05, 0) is 37.1 Å². The second-order valence-electron chi connectivity index (χ2n) is 8.13. The number of β-amino-alcohol motifs (C(OH)–C–C–N with tert-alkyl or cyclic N) is 1. The lowest BCUT2D eigenvalue weighted by Crippen LogP contribution is -2.58. The summed E-state index contributed by atoms with van der Waals surface area (Å²) in [5, 5.41) is 24.3. The van der Waals surface area contributed by atoms with E-state index in [1.807, 2.05) is 29.2 Å². The number of para-hydroxylation sites is 2. The fourth-order valence-electron chi connectivity index (χ4n) is 4.18. The van der Waals surface area contributed by atoms with Crippen molar-refractivity contribution in [1.82, 2.24) is 9.97 Å². The predicted molar refractivity (Wildman–Crippen MR) is 113 cm³/mol. The van der Waals surface area contributed by atoms with Crippen LogP contribution in [0.3, 0.4) is 0 Å². The molecule has 1 saturated heterocycles. The van der Waals surface area contributed by atoms with Gasteiger partial charge in [0.05, 0.1) is 16.7 Å². The Balaban J connectivity index is 1.29. The fraction of sp³-hybridized carbons (Fsp3) is 0.364. The third-order valence-corrected chi connectivity index (χ3v) is 6.07. The van der Waals surface area contributed by atoms with Crippen molar-refractivity contribution in [1.29, 1.82) is 0 Å². The van der Waals surface area contributed by atoms with E-state index >= 15 is 0 Å². The average Bonchev–Trinajstić information content (AvgIpc) is 3.20. The highest BCUT2D eigenvalue weighted by atomic mass is 19.1. The summed E-state index contributed by atoms with van der Waals surface area (Å²) in [4.78, 5) is 21.3. The van der Waals surface area contributed by atoms with Crippen LogP contribution >= 0.6 is 0 Å². The molecule has 1 amide bonds. The van der Waals surface area contributed by atoms with E-state index in [1.54, 1.807) is 0 Å². The molecule has 0 bridgehead atoms. The minimum Gasteiger partial charge on any atom is -0.490 e. The van der Waals surface area contributed by atoms with Crippen LogP contribution in [0.15, 0.2) is 36.4 Å². The van der Waals surface area contributed by atoms with Gasteiger partial charge in [-0.2, -0.15) is 0 Å².